The van der Waals surface area contributed by atoms with Gasteiger partial charge >= 0.3 is 0 Å². The second kappa shape index (κ2) is 5.63. The Bertz CT molecular complexity index is 345. The molecule has 1 heterocycles. The Hall–Kier alpha value is -1.39. The van der Waals surface area contributed by atoms with Gasteiger partial charge in [0, 0.05) is 24.8 Å². The third kappa shape index (κ3) is 3.64. The van der Waals surface area contributed by atoms with Gasteiger partial charge in [-0.3, -0.25) is 4.79 Å². The van der Waals surface area contributed by atoms with Gasteiger partial charge in [-0.15, -0.1) is 10.2 Å². The van der Waals surface area contributed by atoms with Crippen LogP contribution < -0.4 is 5.32 Å². The van der Waals surface area contributed by atoms with Crippen LogP contribution in [0.15, 0.2) is 4.42 Å². The fourth-order valence-electron chi connectivity index (χ4n) is 1.10. The molecule has 0 aromatic carbocycles. The molecule has 0 saturated carbocycles. The summed E-state index contributed by atoms with van der Waals surface area (Å²) in [6, 6.07) is 0. The van der Waals surface area contributed by atoms with Crippen molar-refractivity contribution >= 4 is 5.91 Å². The monoisotopic (exact) mass is 225 g/mol. The van der Waals surface area contributed by atoms with Gasteiger partial charge in [0.2, 0.25) is 17.7 Å². The highest BCUT2D eigenvalue weighted by molar-refractivity contribution is 5.77. The molecule has 0 aliphatic carbocycles. The lowest BCUT2D eigenvalue weighted by Gasteiger charge is -2.05. The summed E-state index contributed by atoms with van der Waals surface area (Å²) in [6.07, 6.45) is 0.582. The highest BCUT2D eigenvalue weighted by atomic mass is 16.4. The number of hydrogen-bond donors (Lipinski definition) is 1. The van der Waals surface area contributed by atoms with Gasteiger partial charge in [0.05, 0.1) is 0 Å². The number of nitrogens with one attached hydrogen (secondary N) is 1. The zero-order chi connectivity index (χ0) is 12.1. The summed E-state index contributed by atoms with van der Waals surface area (Å²) < 4.78 is 5.41. The number of aromatic nitrogens is 2. The fraction of sp³-hybridized carbons (Fsp3) is 0.727. The number of amides is 1. The lowest BCUT2D eigenvalue weighted by Crippen LogP contribution is -2.29. The zero-order valence-electron chi connectivity index (χ0n) is 10.3. The van der Waals surface area contributed by atoms with Crippen LogP contribution in [0.25, 0.3) is 0 Å². The maximum Gasteiger partial charge on any atom is 0.222 e. The Morgan fingerprint density at radius 2 is 2.00 bits per heavy atom. The van der Waals surface area contributed by atoms with E-state index in [0.29, 0.717) is 24.7 Å². The molecular weight excluding hydrogens is 206 g/mol. The van der Waals surface area contributed by atoms with Gasteiger partial charge in [0.1, 0.15) is 0 Å². The number of nitrogens with zero attached hydrogens (tertiary/aromatic N) is 2. The van der Waals surface area contributed by atoms with Crippen molar-refractivity contribution in [1.29, 1.82) is 0 Å². The van der Waals surface area contributed by atoms with Crippen molar-refractivity contribution in [2.45, 2.75) is 40.0 Å². The van der Waals surface area contributed by atoms with Crippen molar-refractivity contribution in [3.63, 3.8) is 0 Å². The first-order chi connectivity index (χ1) is 7.50. The minimum atomic E-state index is 0.00825. The lowest BCUT2D eigenvalue weighted by atomic mass is 10.2. The first kappa shape index (κ1) is 12.7. The number of carbonyl (C=O) groups is 1. The van der Waals surface area contributed by atoms with Gasteiger partial charge in [0.15, 0.2) is 0 Å². The smallest absolute Gasteiger partial charge is 0.222 e. The molecule has 1 aromatic heterocycles. The molecule has 0 aliphatic rings. The van der Waals surface area contributed by atoms with Crippen LogP contribution in [0.1, 0.15) is 45.4 Å². The van der Waals surface area contributed by atoms with E-state index in [1.165, 1.54) is 0 Å². The molecule has 0 fully saturated rings. The Kier molecular flexibility index (Phi) is 4.46. The molecule has 0 aliphatic heterocycles. The van der Waals surface area contributed by atoms with E-state index in [4.69, 9.17) is 4.42 Å². The van der Waals surface area contributed by atoms with Gasteiger partial charge < -0.3 is 9.73 Å². The van der Waals surface area contributed by atoms with Crippen LogP contribution in [0.3, 0.4) is 0 Å². The molecule has 0 unspecified atom stereocenters. The molecule has 1 aromatic rings. The average molecular weight is 225 g/mol. The minimum Gasteiger partial charge on any atom is -0.425 e. The molecule has 5 nitrogen and oxygen atoms in total. The molecule has 0 saturated heterocycles. The van der Waals surface area contributed by atoms with Crippen molar-refractivity contribution in [2.75, 3.05) is 6.54 Å². The summed E-state index contributed by atoms with van der Waals surface area (Å²) in [5.74, 6) is 1.52. The molecule has 1 N–H and O–H groups in total. The highest BCUT2D eigenvalue weighted by Gasteiger charge is 2.10. The SMILES string of the molecule is CC(C)C(=O)NCCc1nnc(C(C)C)o1. The summed E-state index contributed by atoms with van der Waals surface area (Å²) in [4.78, 5) is 11.3. The lowest BCUT2D eigenvalue weighted by molar-refractivity contribution is -0.123. The Balaban J connectivity index is 2.35. The Labute approximate surface area is 95.6 Å². The van der Waals surface area contributed by atoms with Crippen LogP contribution in [0.2, 0.25) is 0 Å². The second-order valence-corrected chi connectivity index (χ2v) is 4.38. The quantitative estimate of drug-likeness (QED) is 0.824. The van der Waals surface area contributed by atoms with Crippen molar-refractivity contribution in [1.82, 2.24) is 15.5 Å². The van der Waals surface area contributed by atoms with E-state index in [1.54, 1.807) is 0 Å². The predicted molar refractivity (Wildman–Crippen MR) is 59.9 cm³/mol. The van der Waals surface area contributed by atoms with Gasteiger partial charge in [-0.25, -0.2) is 0 Å². The van der Waals surface area contributed by atoms with Gasteiger partial charge in [-0.05, 0) is 0 Å². The standard InChI is InChI=1S/C11H19N3O2/c1-7(2)10(15)12-6-5-9-13-14-11(16-9)8(3)4/h7-8H,5-6H2,1-4H3,(H,12,15). The molecule has 5 heteroatoms. The summed E-state index contributed by atoms with van der Waals surface area (Å²) in [5.41, 5.74) is 0. The molecule has 90 valence electrons. The van der Waals surface area contributed by atoms with E-state index < -0.39 is 0 Å². The fourth-order valence-corrected chi connectivity index (χ4v) is 1.10. The molecular formula is C11H19N3O2. The van der Waals surface area contributed by atoms with Crippen LogP contribution in [0.5, 0.6) is 0 Å². The summed E-state index contributed by atoms with van der Waals surface area (Å²) in [5, 5.41) is 10.6. The van der Waals surface area contributed by atoms with Crippen LogP contribution in [-0.2, 0) is 11.2 Å². The summed E-state index contributed by atoms with van der Waals surface area (Å²) in [7, 11) is 0. The second-order valence-electron chi connectivity index (χ2n) is 4.38. The van der Waals surface area contributed by atoms with E-state index in [0.717, 1.165) is 0 Å². The molecule has 0 atom stereocenters. The predicted octanol–water partition coefficient (Wildman–Crippen LogP) is 1.51. The van der Waals surface area contributed by atoms with Gasteiger partial charge in [0.25, 0.3) is 0 Å². The van der Waals surface area contributed by atoms with E-state index in [9.17, 15) is 4.79 Å². The van der Waals surface area contributed by atoms with E-state index in [-0.39, 0.29) is 17.7 Å². The van der Waals surface area contributed by atoms with Crippen molar-refractivity contribution in [2.24, 2.45) is 5.92 Å². The first-order valence-corrected chi connectivity index (χ1v) is 5.60. The number of carbonyl (C=O) groups excluding carboxylic acids is 1. The Morgan fingerprint density at radius 1 is 1.31 bits per heavy atom. The molecule has 0 bridgehead atoms. The molecule has 0 radical (unpaired) electrons. The largest absolute Gasteiger partial charge is 0.425 e. The van der Waals surface area contributed by atoms with Crippen molar-refractivity contribution < 1.29 is 9.21 Å². The third-order valence-electron chi connectivity index (χ3n) is 2.14. The zero-order valence-corrected chi connectivity index (χ0v) is 10.3. The Morgan fingerprint density at radius 3 is 2.50 bits per heavy atom. The van der Waals surface area contributed by atoms with Crippen molar-refractivity contribution in [3.8, 4) is 0 Å². The van der Waals surface area contributed by atoms with E-state index in [2.05, 4.69) is 15.5 Å². The number of rotatable bonds is 5. The van der Waals surface area contributed by atoms with Crippen molar-refractivity contribution in [3.05, 3.63) is 11.8 Å². The van der Waals surface area contributed by atoms with Gasteiger partial charge in [-0.2, -0.15) is 0 Å². The van der Waals surface area contributed by atoms with Gasteiger partial charge in [-0.1, -0.05) is 27.7 Å². The van der Waals surface area contributed by atoms with E-state index >= 15 is 0 Å². The van der Waals surface area contributed by atoms with Crippen LogP contribution in [0.4, 0.5) is 0 Å². The average Bonchev–Trinajstić information content (AvgIpc) is 2.66. The third-order valence-corrected chi connectivity index (χ3v) is 2.14. The highest BCUT2D eigenvalue weighted by Crippen LogP contribution is 2.11. The van der Waals surface area contributed by atoms with Crippen LogP contribution in [0, 0.1) is 5.92 Å². The normalized spacial score (nSPS) is 11.1. The molecule has 0 spiro atoms. The minimum absolute atomic E-state index is 0.00825. The number of hydrogen-bond acceptors (Lipinski definition) is 4. The summed E-state index contributed by atoms with van der Waals surface area (Å²) in [6.45, 7) is 8.25. The van der Waals surface area contributed by atoms with E-state index in [1.807, 2.05) is 27.7 Å². The van der Waals surface area contributed by atoms with Crippen LogP contribution in [-0.4, -0.2) is 22.6 Å². The first-order valence-electron chi connectivity index (χ1n) is 5.60. The van der Waals surface area contributed by atoms with Crippen LogP contribution >= 0.6 is 0 Å². The topological polar surface area (TPSA) is 68.0 Å². The maximum atomic E-state index is 11.3. The molecule has 1 rings (SSSR count). The maximum absolute atomic E-state index is 11.3. The summed E-state index contributed by atoms with van der Waals surface area (Å²) >= 11 is 0. The molecule has 1 amide bonds. The molecule has 16 heavy (non-hydrogen) atoms.